The van der Waals surface area contributed by atoms with Crippen molar-refractivity contribution in [2.75, 3.05) is 44.8 Å². The fourth-order valence-electron chi connectivity index (χ4n) is 11.5. The topological polar surface area (TPSA) is 88.1 Å². The Labute approximate surface area is 383 Å². The van der Waals surface area contributed by atoms with E-state index in [1.165, 1.54) is 77.2 Å². The number of methoxy groups -OCH3 is 1. The molecular formula is C50H59ClF3N5O4S. The fourth-order valence-corrected chi connectivity index (χ4v) is 12.7. The van der Waals surface area contributed by atoms with Gasteiger partial charge in [-0.1, -0.05) is 49.7 Å². The summed E-state index contributed by atoms with van der Waals surface area (Å²) >= 11 is 8.11. The molecule has 14 heteroatoms. The Bertz CT molecular complexity index is 2340. The van der Waals surface area contributed by atoms with Crippen LogP contribution in [-0.4, -0.2) is 83.3 Å². The summed E-state index contributed by atoms with van der Waals surface area (Å²) in [5, 5.41) is 3.66. The second-order valence-corrected chi connectivity index (χ2v) is 20.6. The van der Waals surface area contributed by atoms with Crippen molar-refractivity contribution in [2.24, 2.45) is 11.8 Å². The van der Waals surface area contributed by atoms with E-state index < -0.39 is 29.0 Å². The summed E-state index contributed by atoms with van der Waals surface area (Å²) in [6.07, 6.45) is 4.70. The van der Waals surface area contributed by atoms with E-state index in [2.05, 4.69) is 52.2 Å². The number of piperazine rings is 1. The zero-order valence-corrected chi connectivity index (χ0v) is 38.7. The highest BCUT2D eigenvalue weighted by Crippen LogP contribution is 2.58. The normalized spacial score (nSPS) is 25.4. The van der Waals surface area contributed by atoms with Crippen LogP contribution in [0.1, 0.15) is 122 Å². The third-order valence-electron chi connectivity index (χ3n) is 15.0. The van der Waals surface area contributed by atoms with Crippen LogP contribution in [0.2, 0.25) is 5.02 Å². The van der Waals surface area contributed by atoms with Gasteiger partial charge in [0.15, 0.2) is 0 Å². The molecular weight excluding hydrogens is 859 g/mol. The van der Waals surface area contributed by atoms with E-state index >= 15 is 0 Å². The number of aromatic nitrogens is 2. The molecule has 9 nitrogen and oxygen atoms in total. The molecule has 4 aliphatic carbocycles. The van der Waals surface area contributed by atoms with Gasteiger partial charge >= 0.3 is 18.1 Å². The van der Waals surface area contributed by atoms with Crippen molar-refractivity contribution >= 4 is 40.5 Å². The molecule has 1 amide bonds. The van der Waals surface area contributed by atoms with E-state index in [4.69, 9.17) is 26.1 Å². The van der Waals surface area contributed by atoms with Crippen molar-refractivity contribution in [1.29, 1.82) is 0 Å². The number of amides is 1. The monoisotopic (exact) mass is 917 g/mol. The Kier molecular flexibility index (Phi) is 12.9. The molecule has 1 aliphatic heterocycles. The molecule has 3 fully saturated rings. The molecule has 2 aromatic carbocycles. The van der Waals surface area contributed by atoms with Gasteiger partial charge in [-0.25, -0.2) is 9.78 Å². The highest BCUT2D eigenvalue weighted by Gasteiger charge is 2.60. The summed E-state index contributed by atoms with van der Waals surface area (Å²) < 4.78 is 55.6. The molecule has 1 spiro atoms. The molecule has 4 aromatic rings. The third kappa shape index (κ3) is 9.07. The number of esters is 1. The molecule has 0 N–H and O–H groups in total. The second-order valence-electron chi connectivity index (χ2n) is 19.3. The first-order valence-corrected chi connectivity index (χ1v) is 24.4. The van der Waals surface area contributed by atoms with Crippen molar-refractivity contribution in [2.45, 2.75) is 127 Å². The number of nitrogens with zero attached hydrogens (tertiary/aromatic N) is 5. The summed E-state index contributed by atoms with van der Waals surface area (Å²) in [4.78, 5) is 42.8. The zero-order valence-electron chi connectivity index (χ0n) is 37.1. The van der Waals surface area contributed by atoms with Crippen molar-refractivity contribution in [3.8, 4) is 5.75 Å². The number of anilines is 1. The van der Waals surface area contributed by atoms with Gasteiger partial charge in [-0.3, -0.25) is 24.5 Å². The lowest BCUT2D eigenvalue weighted by Gasteiger charge is -2.51. The van der Waals surface area contributed by atoms with Crippen LogP contribution < -0.4 is 9.64 Å². The number of thiazole rings is 1. The zero-order chi connectivity index (χ0) is 44.8. The van der Waals surface area contributed by atoms with Gasteiger partial charge < -0.3 is 9.47 Å². The Morgan fingerprint density at radius 1 is 1.00 bits per heavy atom. The molecule has 5 aliphatic rings. The minimum absolute atomic E-state index is 0.0107. The molecule has 2 saturated carbocycles. The average molecular weight is 919 g/mol. The summed E-state index contributed by atoms with van der Waals surface area (Å²) in [6.45, 7) is 10.4. The highest BCUT2D eigenvalue weighted by atomic mass is 35.5. The summed E-state index contributed by atoms with van der Waals surface area (Å²) in [5.41, 5.74) is 4.72. The molecule has 9 rings (SSSR count). The number of ether oxygens (including phenoxy) is 2. The van der Waals surface area contributed by atoms with E-state index in [1.807, 2.05) is 12.3 Å². The predicted octanol–water partition coefficient (Wildman–Crippen LogP) is 10.4. The lowest BCUT2D eigenvalue weighted by molar-refractivity contribution is -0.174. The average Bonchev–Trinajstić information content (AvgIpc) is 3.96. The van der Waals surface area contributed by atoms with E-state index in [9.17, 15) is 22.8 Å². The van der Waals surface area contributed by atoms with Crippen molar-refractivity contribution in [3.05, 3.63) is 104 Å². The largest absolute Gasteiger partial charge is 0.493 e. The fraction of sp³-hybridized carbons (Fsp3) is 0.560. The number of carbonyl (C=O) groups is 2. The van der Waals surface area contributed by atoms with Crippen molar-refractivity contribution in [1.82, 2.24) is 19.8 Å². The van der Waals surface area contributed by atoms with Gasteiger partial charge in [0, 0.05) is 78.7 Å². The van der Waals surface area contributed by atoms with E-state index in [-0.39, 0.29) is 35.4 Å². The van der Waals surface area contributed by atoms with Crippen LogP contribution in [-0.2, 0) is 45.7 Å². The SMILES string of the molecule is COC(=O)C1(N(C(=O)C(F)(F)F)c2cccc(Cl)c2)CCC2(CC1)c1cc(CN3CCN(Cc4csc(C5CC5)n4)CC3)ccc1C[C@@H]2C[C@@H](C)COc1ccnc2c1[C@H](C)CCC2. The van der Waals surface area contributed by atoms with Gasteiger partial charge in [0.25, 0.3) is 0 Å². The molecule has 64 heavy (non-hydrogen) atoms. The Balaban J connectivity index is 0.976. The molecule has 0 bridgehead atoms. The first-order valence-electron chi connectivity index (χ1n) is 23.1. The Hall–Kier alpha value is -4.04. The number of hydrogen-bond donors (Lipinski definition) is 0. The van der Waals surface area contributed by atoms with Gasteiger partial charge in [-0.2, -0.15) is 13.2 Å². The maximum Gasteiger partial charge on any atom is 0.471 e. The minimum Gasteiger partial charge on any atom is -0.493 e. The maximum absolute atomic E-state index is 14.6. The van der Waals surface area contributed by atoms with E-state index in [0.29, 0.717) is 36.2 Å². The van der Waals surface area contributed by atoms with Crippen molar-refractivity contribution in [3.63, 3.8) is 0 Å². The molecule has 342 valence electrons. The van der Waals surface area contributed by atoms with Crippen LogP contribution >= 0.6 is 22.9 Å². The van der Waals surface area contributed by atoms with E-state index in [0.717, 1.165) is 82.8 Å². The van der Waals surface area contributed by atoms with Gasteiger partial charge in [-0.15, -0.1) is 11.3 Å². The first-order chi connectivity index (χ1) is 30.8. The van der Waals surface area contributed by atoms with Gasteiger partial charge in [0.1, 0.15) is 11.3 Å². The molecule has 0 unspecified atom stereocenters. The quantitative estimate of drug-likeness (QED) is 0.123. The smallest absolute Gasteiger partial charge is 0.471 e. The number of aryl methyl sites for hydroxylation is 1. The molecule has 3 atom stereocenters. The van der Waals surface area contributed by atoms with Crippen LogP contribution in [0.5, 0.6) is 5.75 Å². The Morgan fingerprint density at radius 3 is 2.45 bits per heavy atom. The number of rotatable bonds is 13. The van der Waals surface area contributed by atoms with Crippen LogP contribution in [0.25, 0.3) is 0 Å². The molecule has 1 saturated heterocycles. The number of pyridine rings is 1. The van der Waals surface area contributed by atoms with Crippen LogP contribution in [0.4, 0.5) is 18.9 Å². The van der Waals surface area contributed by atoms with Crippen LogP contribution in [0.3, 0.4) is 0 Å². The first kappa shape index (κ1) is 45.1. The summed E-state index contributed by atoms with van der Waals surface area (Å²) in [6, 6.07) is 14.5. The summed E-state index contributed by atoms with van der Waals surface area (Å²) in [7, 11) is 1.18. The maximum atomic E-state index is 14.6. The predicted molar refractivity (Wildman–Crippen MR) is 243 cm³/mol. The van der Waals surface area contributed by atoms with Crippen LogP contribution in [0, 0.1) is 11.8 Å². The number of fused-ring (bicyclic) bond motifs is 3. The number of halogens is 4. The third-order valence-corrected chi connectivity index (χ3v) is 16.3. The van der Waals surface area contributed by atoms with Gasteiger partial charge in [-0.05, 0) is 135 Å². The molecule has 2 aromatic heterocycles. The van der Waals surface area contributed by atoms with Crippen molar-refractivity contribution < 1.29 is 32.2 Å². The molecule has 3 heterocycles. The minimum atomic E-state index is -5.25. The number of benzene rings is 2. The number of hydrogen-bond acceptors (Lipinski definition) is 9. The van der Waals surface area contributed by atoms with Gasteiger partial charge in [0.2, 0.25) is 0 Å². The van der Waals surface area contributed by atoms with Gasteiger partial charge in [0.05, 0.1) is 24.4 Å². The Morgan fingerprint density at radius 2 is 1.75 bits per heavy atom. The lowest BCUT2D eigenvalue weighted by atomic mass is 9.59. The second kappa shape index (κ2) is 18.3. The standard InChI is InChI=1S/C50H59ClF3N5O4S/c1-32(30-63-43-14-19-55-42-9-4-6-33(2)44(42)43)24-37-26-36-11-10-34(28-57-20-22-58(23-21-57)29-39-31-64-45(56-39)35-12-13-35)25-41(36)48(37)15-17-49(18-16-48,47(61)62-3)59(46(60)50(52,53)54)40-8-5-7-38(51)27-40/h5,7-8,10-11,14,19,25,27,31-33,35,37H,4,6,9,12-13,15-18,20-24,26,28-30H2,1-3H3/t32-,33-,37+,48?,49?/m1/s1. The number of alkyl halides is 3. The van der Waals surface area contributed by atoms with Crippen LogP contribution in [0.15, 0.2) is 60.1 Å². The lowest BCUT2D eigenvalue weighted by Crippen LogP contribution is -2.63. The number of carbonyl (C=O) groups excluding carboxylic acids is 2. The molecule has 0 radical (unpaired) electrons. The van der Waals surface area contributed by atoms with E-state index in [1.54, 1.807) is 11.3 Å². The highest BCUT2D eigenvalue weighted by molar-refractivity contribution is 7.09. The summed E-state index contributed by atoms with van der Waals surface area (Å²) in [5.74, 6) is -0.739.